The molecular formula is C63H102O31. The van der Waals surface area contributed by atoms with Gasteiger partial charge in [0.2, 0.25) is 6.29 Å². The van der Waals surface area contributed by atoms with Gasteiger partial charge in [-0.05, 0) is 109 Å². The molecule has 0 radical (unpaired) electrons. The Bertz CT molecular complexity index is 2620. The molecular weight excluding hydrogens is 1250 g/mol. The number of rotatable bonds is 15. The fraction of sp³-hybridized carbons (Fsp3) is 0.952. The fourth-order valence-corrected chi connectivity index (χ4v) is 18.8. The van der Waals surface area contributed by atoms with Gasteiger partial charge >= 0.3 is 5.97 Å². The van der Waals surface area contributed by atoms with Crippen LogP contribution in [0.2, 0.25) is 0 Å². The Hall–Kier alpha value is -1.95. The summed E-state index contributed by atoms with van der Waals surface area (Å²) in [6.07, 6.45) is -39.8. The van der Waals surface area contributed by atoms with Gasteiger partial charge in [0.1, 0.15) is 128 Å². The summed E-state index contributed by atoms with van der Waals surface area (Å²) in [7, 11) is 0. The highest BCUT2D eigenvalue weighted by atomic mass is 16.8. The van der Waals surface area contributed by atoms with E-state index in [0.717, 1.165) is 38.5 Å². The van der Waals surface area contributed by atoms with Crippen molar-refractivity contribution in [1.82, 2.24) is 0 Å². The van der Waals surface area contributed by atoms with Crippen LogP contribution in [0.4, 0.5) is 0 Å². The van der Waals surface area contributed by atoms with Crippen LogP contribution < -0.4 is 0 Å². The van der Waals surface area contributed by atoms with Gasteiger partial charge in [0, 0.05) is 0 Å². The summed E-state index contributed by atoms with van der Waals surface area (Å²) < 4.78 is 69.9. The minimum absolute atomic E-state index is 0.000608. The van der Waals surface area contributed by atoms with E-state index in [2.05, 4.69) is 54.5 Å². The third kappa shape index (κ3) is 12.9. The van der Waals surface area contributed by atoms with Crippen LogP contribution in [0.25, 0.3) is 0 Å². The fourth-order valence-electron chi connectivity index (χ4n) is 18.8. The van der Waals surface area contributed by atoms with E-state index >= 15 is 0 Å². The largest absolute Gasteiger partial charge is 0.432 e. The van der Waals surface area contributed by atoms with E-state index in [1.165, 1.54) is 5.57 Å². The van der Waals surface area contributed by atoms with Gasteiger partial charge in [-0.25, -0.2) is 0 Å². The quantitative estimate of drug-likeness (QED) is 0.0414. The molecule has 0 spiro atoms. The van der Waals surface area contributed by atoms with Crippen molar-refractivity contribution in [3.8, 4) is 0 Å². The highest BCUT2D eigenvalue weighted by Gasteiger charge is 2.69. The zero-order valence-corrected chi connectivity index (χ0v) is 54.0. The Morgan fingerprint density at radius 1 is 0.511 bits per heavy atom. The number of carbonyl (C=O) groups excluding carboxylic acids is 1. The van der Waals surface area contributed by atoms with Crippen molar-refractivity contribution in [1.29, 1.82) is 0 Å². The van der Waals surface area contributed by atoms with Crippen LogP contribution in [0.1, 0.15) is 106 Å². The molecule has 5 aliphatic carbocycles. The maximum atomic E-state index is 14.7. The number of esters is 1. The zero-order chi connectivity index (χ0) is 68.4. The van der Waals surface area contributed by atoms with E-state index < -0.39 is 222 Å². The Morgan fingerprint density at radius 2 is 1.09 bits per heavy atom. The molecule has 0 aromatic heterocycles. The highest BCUT2D eigenvalue weighted by molar-refractivity contribution is 5.73. The summed E-state index contributed by atoms with van der Waals surface area (Å²) in [6.45, 7) is 12.8. The predicted octanol–water partition coefficient (Wildman–Crippen LogP) is -5.30. The molecule has 6 saturated heterocycles. The molecule has 37 unspecified atom stereocenters. The first-order chi connectivity index (χ1) is 44.1. The molecule has 0 amide bonds. The number of carbonyl (C=O) groups is 1. The number of aliphatic hydroxyl groups is 18. The molecule has 4 saturated carbocycles. The van der Waals surface area contributed by atoms with Crippen LogP contribution in [0.5, 0.6) is 0 Å². The maximum absolute atomic E-state index is 14.7. The van der Waals surface area contributed by atoms with Gasteiger partial charge < -0.3 is 149 Å². The summed E-state index contributed by atoms with van der Waals surface area (Å²) in [6, 6.07) is 0. The molecule has 37 atom stereocenters. The van der Waals surface area contributed by atoms with Crippen molar-refractivity contribution in [3.05, 3.63) is 11.6 Å². The third-order valence-electron chi connectivity index (χ3n) is 24.3. The molecule has 6 heterocycles. The third-order valence-corrected chi connectivity index (χ3v) is 24.3. The summed E-state index contributed by atoms with van der Waals surface area (Å²) in [4.78, 5) is 14.7. The summed E-state index contributed by atoms with van der Waals surface area (Å²) >= 11 is 0. The number of hydrogen-bond donors (Lipinski definition) is 18. The van der Waals surface area contributed by atoms with Gasteiger partial charge in [-0.3, -0.25) is 4.79 Å². The number of fused-ring (bicyclic) bond motifs is 7. The lowest BCUT2D eigenvalue weighted by atomic mass is 9.34. The van der Waals surface area contributed by atoms with Crippen LogP contribution in [-0.2, 0) is 61.6 Å². The minimum atomic E-state index is -2.11. The molecule has 0 bridgehead atoms. The average Bonchev–Trinajstić information content (AvgIpc) is 0.681. The van der Waals surface area contributed by atoms with Gasteiger partial charge in [0.15, 0.2) is 37.7 Å². The second kappa shape index (κ2) is 27.8. The maximum Gasteiger partial charge on any atom is 0.311 e. The predicted molar refractivity (Wildman–Crippen MR) is 311 cm³/mol. The van der Waals surface area contributed by atoms with Crippen LogP contribution in [0.3, 0.4) is 0 Å². The van der Waals surface area contributed by atoms with Crippen LogP contribution >= 0.6 is 0 Å². The van der Waals surface area contributed by atoms with E-state index in [1.807, 2.05) is 0 Å². The van der Waals surface area contributed by atoms with E-state index in [-0.39, 0.29) is 51.9 Å². The Kier molecular flexibility index (Phi) is 21.6. The molecule has 0 aromatic carbocycles. The first-order valence-electron chi connectivity index (χ1n) is 33.2. The lowest BCUT2D eigenvalue weighted by molar-refractivity contribution is -0.401. The summed E-state index contributed by atoms with van der Waals surface area (Å²) in [5.74, 6) is -1.09. The Morgan fingerprint density at radius 3 is 1.74 bits per heavy atom. The standard InChI is InChI=1S/C63H102O31/c1-59(2)16-24-23(25(17-59)51(81)93-56-46(78)42(74)38(70)30(89-56)21-84-53-44(76)40(72)36(68)28(18-64)86-53)10-14-62(6)26(24)8-9-33-61(5)13-12-34(60(3,4)32(61)11-15-63(33,62)7)90-58-50(35(67)27(66)20-83-58)92-57-48(80)49(47(79)52(82)94-57)91-54-43(75)39(71)31(22-85-54)88-55-45(77)41(73)37(69)29(19-65)87-55/h8,23-25,27-50,52-58,64-80,82H,9-22H2,1-7H3. The molecule has 31 heteroatoms. The van der Waals surface area contributed by atoms with Gasteiger partial charge in [-0.2, -0.15) is 0 Å². The summed E-state index contributed by atoms with van der Waals surface area (Å²) in [5.41, 5.74) is -0.245. The monoisotopic (exact) mass is 1350 g/mol. The lowest BCUT2D eigenvalue weighted by Crippen LogP contribution is -2.66. The topological polar surface area (TPSA) is 492 Å². The van der Waals surface area contributed by atoms with Crippen molar-refractivity contribution in [3.63, 3.8) is 0 Å². The summed E-state index contributed by atoms with van der Waals surface area (Å²) in [5, 5.41) is 193. The van der Waals surface area contributed by atoms with E-state index in [4.69, 9.17) is 56.8 Å². The lowest BCUT2D eigenvalue weighted by Gasteiger charge is -2.71. The van der Waals surface area contributed by atoms with Crippen molar-refractivity contribution in [2.75, 3.05) is 33.0 Å². The van der Waals surface area contributed by atoms with Crippen LogP contribution in [-0.4, -0.2) is 309 Å². The smallest absolute Gasteiger partial charge is 0.311 e. The van der Waals surface area contributed by atoms with Crippen molar-refractivity contribution < 1.29 is 154 Å². The van der Waals surface area contributed by atoms with Crippen LogP contribution in [0.15, 0.2) is 11.6 Å². The van der Waals surface area contributed by atoms with Gasteiger partial charge in [0.05, 0.1) is 45.1 Å². The molecule has 10 fully saturated rings. The second-order valence-corrected chi connectivity index (χ2v) is 30.6. The van der Waals surface area contributed by atoms with Gasteiger partial charge in [-0.15, -0.1) is 0 Å². The molecule has 0 aromatic rings. The Labute approximate surface area is 543 Å². The number of aliphatic hydroxyl groups excluding tert-OH is 18. The number of hydrogen-bond acceptors (Lipinski definition) is 31. The van der Waals surface area contributed by atoms with Crippen LogP contribution in [0, 0.1) is 56.7 Å². The minimum Gasteiger partial charge on any atom is -0.432 e. The molecule has 94 heavy (non-hydrogen) atoms. The van der Waals surface area contributed by atoms with E-state index in [0.29, 0.717) is 19.3 Å². The second-order valence-electron chi connectivity index (χ2n) is 30.6. The van der Waals surface area contributed by atoms with Crippen molar-refractivity contribution >= 4 is 5.97 Å². The SMILES string of the molecule is CC1(C)CC(C(=O)OC2OC(COC3OC(CO)C(O)C(O)C3O)C(O)C(O)C2O)C2CCC3(C)C(=CCC4C5(C)CCC(OC6OCC(O)C(O)C6OC6OC(O)C(O)C(OC7OCC(OC8OC(CO)C(O)C(O)C8O)C(O)C7O)C6O)C(C)(C)C5CCC43C)C2C1. The normalized spacial score (nSPS) is 54.2. The number of allylic oxidation sites excluding steroid dienone is 2. The first-order valence-corrected chi connectivity index (χ1v) is 33.2. The molecule has 18 N–H and O–H groups in total. The van der Waals surface area contributed by atoms with Gasteiger partial charge in [-0.1, -0.05) is 60.1 Å². The zero-order valence-electron chi connectivity index (χ0n) is 54.0. The Balaban J connectivity index is 0.738. The average molecular weight is 1360 g/mol. The molecule has 6 aliphatic heterocycles. The highest BCUT2D eigenvalue weighted by Crippen LogP contribution is 2.75. The van der Waals surface area contributed by atoms with Crippen molar-refractivity contribution in [2.24, 2.45) is 56.7 Å². The molecule has 540 valence electrons. The van der Waals surface area contributed by atoms with E-state index in [9.17, 15) is 96.7 Å². The number of ether oxygens (including phenoxy) is 12. The molecule has 11 rings (SSSR count). The molecule has 31 nitrogen and oxygen atoms in total. The van der Waals surface area contributed by atoms with Crippen molar-refractivity contribution in [2.45, 2.75) is 285 Å². The van der Waals surface area contributed by atoms with Gasteiger partial charge in [0.25, 0.3) is 0 Å². The molecule has 11 aliphatic rings. The van der Waals surface area contributed by atoms with E-state index in [1.54, 1.807) is 0 Å². The first kappa shape index (κ1) is 73.3.